The molecule has 1 fully saturated rings. The summed E-state index contributed by atoms with van der Waals surface area (Å²) in [6.45, 7) is 4.15. The van der Waals surface area contributed by atoms with Gasteiger partial charge in [-0.3, -0.25) is 14.4 Å². The number of nitrogens with two attached hydrogens (primary N) is 1. The zero-order chi connectivity index (χ0) is 21.9. The minimum Gasteiger partial charge on any atom is -0.462 e. The molecule has 166 valence electrons. The zero-order valence-electron chi connectivity index (χ0n) is 17.6. The molecule has 2 rings (SSSR count). The lowest BCUT2D eigenvalue weighted by Gasteiger charge is -2.29. The summed E-state index contributed by atoms with van der Waals surface area (Å²) in [5.74, 6) is -0.668. The molecule has 8 heteroatoms. The van der Waals surface area contributed by atoms with Crippen molar-refractivity contribution in [3.05, 3.63) is 29.8 Å². The van der Waals surface area contributed by atoms with E-state index in [9.17, 15) is 14.4 Å². The molecule has 0 bridgehead atoms. The maximum Gasteiger partial charge on any atom is 0.325 e. The van der Waals surface area contributed by atoms with E-state index in [4.69, 9.17) is 24.7 Å². The average molecular weight is 421 g/mol. The van der Waals surface area contributed by atoms with Gasteiger partial charge in [-0.05, 0) is 37.0 Å². The van der Waals surface area contributed by atoms with E-state index in [0.717, 1.165) is 18.4 Å². The van der Waals surface area contributed by atoms with Crippen molar-refractivity contribution in [3.8, 4) is 5.75 Å². The number of rotatable bonds is 10. The van der Waals surface area contributed by atoms with Crippen molar-refractivity contribution in [1.29, 1.82) is 0 Å². The molecule has 1 aliphatic rings. The summed E-state index contributed by atoms with van der Waals surface area (Å²) >= 11 is 0. The minimum atomic E-state index is -0.870. The first kappa shape index (κ1) is 23.8. The van der Waals surface area contributed by atoms with Crippen molar-refractivity contribution in [2.24, 2.45) is 5.73 Å². The summed E-state index contributed by atoms with van der Waals surface area (Å²) in [6, 6.07) is 5.97. The minimum absolute atomic E-state index is 0.255. The maximum atomic E-state index is 12.3. The first-order valence-electron chi connectivity index (χ1n) is 10.5. The third-order valence-electron chi connectivity index (χ3n) is 4.57. The summed E-state index contributed by atoms with van der Waals surface area (Å²) in [6.07, 6.45) is 2.20. The molecule has 1 saturated heterocycles. The van der Waals surface area contributed by atoms with Crippen LogP contribution in [0.3, 0.4) is 0 Å². The van der Waals surface area contributed by atoms with Gasteiger partial charge in [-0.2, -0.15) is 0 Å². The Morgan fingerprint density at radius 3 is 2.40 bits per heavy atom. The predicted molar refractivity (Wildman–Crippen MR) is 109 cm³/mol. The van der Waals surface area contributed by atoms with Crippen LogP contribution in [0.4, 0.5) is 0 Å². The van der Waals surface area contributed by atoms with Gasteiger partial charge in [-0.15, -0.1) is 0 Å². The third kappa shape index (κ3) is 8.12. The summed E-state index contributed by atoms with van der Waals surface area (Å²) in [5, 5.41) is 0. The summed E-state index contributed by atoms with van der Waals surface area (Å²) in [4.78, 5) is 35.5. The van der Waals surface area contributed by atoms with E-state index in [-0.39, 0.29) is 24.5 Å². The van der Waals surface area contributed by atoms with Crippen LogP contribution in [0.25, 0.3) is 0 Å². The molecule has 8 nitrogen and oxygen atoms in total. The Hall–Kier alpha value is -2.45. The molecule has 1 aliphatic heterocycles. The smallest absolute Gasteiger partial charge is 0.325 e. The highest BCUT2D eigenvalue weighted by Crippen LogP contribution is 2.20. The van der Waals surface area contributed by atoms with E-state index in [1.165, 1.54) is 0 Å². The van der Waals surface area contributed by atoms with E-state index in [1.807, 2.05) is 13.8 Å². The molecule has 3 atom stereocenters. The van der Waals surface area contributed by atoms with Crippen molar-refractivity contribution >= 4 is 17.9 Å². The Morgan fingerprint density at radius 2 is 1.73 bits per heavy atom. The number of ether oxygens (including phenoxy) is 4. The van der Waals surface area contributed by atoms with Gasteiger partial charge in [0, 0.05) is 25.7 Å². The Kier molecular flexibility index (Phi) is 9.76. The van der Waals surface area contributed by atoms with Gasteiger partial charge in [0.2, 0.25) is 6.29 Å². The fourth-order valence-electron chi connectivity index (χ4n) is 3.00. The molecule has 30 heavy (non-hydrogen) atoms. The second-order valence-electron chi connectivity index (χ2n) is 7.30. The predicted octanol–water partition coefficient (Wildman–Crippen LogP) is 2.65. The summed E-state index contributed by atoms with van der Waals surface area (Å²) in [5.41, 5.74) is 6.79. The van der Waals surface area contributed by atoms with Gasteiger partial charge in [0.15, 0.2) is 0 Å². The van der Waals surface area contributed by atoms with E-state index in [1.54, 1.807) is 24.3 Å². The lowest BCUT2D eigenvalue weighted by Crippen LogP contribution is -2.41. The third-order valence-corrected chi connectivity index (χ3v) is 4.57. The highest BCUT2D eigenvalue weighted by Gasteiger charge is 2.29. The number of benzene rings is 1. The molecule has 0 saturated carbocycles. The Labute approximate surface area is 177 Å². The van der Waals surface area contributed by atoms with Crippen LogP contribution in [0.2, 0.25) is 0 Å². The number of hydrogen-bond acceptors (Lipinski definition) is 8. The second kappa shape index (κ2) is 12.3. The molecular formula is C22H31NO7. The van der Waals surface area contributed by atoms with Gasteiger partial charge < -0.3 is 24.7 Å². The van der Waals surface area contributed by atoms with Crippen molar-refractivity contribution in [3.63, 3.8) is 0 Å². The largest absolute Gasteiger partial charge is 0.462 e. The van der Waals surface area contributed by atoms with Gasteiger partial charge in [-0.25, -0.2) is 0 Å². The number of esters is 3. The second-order valence-corrected chi connectivity index (χ2v) is 7.30. The molecule has 0 aliphatic carbocycles. The molecule has 0 radical (unpaired) electrons. The van der Waals surface area contributed by atoms with E-state index >= 15 is 0 Å². The standard InChI is InChI=1S/C22H31NO7/c1-3-5-19(24)28-16-9-7-15(8-10-16)13-18(23)22(26)30-21-14-17(11-12-27-21)29-20(25)6-4-2/h7-10,17-18,21H,3-6,11-14,23H2,1-2H3. The highest BCUT2D eigenvalue weighted by molar-refractivity contribution is 5.76. The van der Waals surface area contributed by atoms with Gasteiger partial charge >= 0.3 is 17.9 Å². The van der Waals surface area contributed by atoms with Crippen LogP contribution in [-0.4, -0.2) is 43.0 Å². The molecule has 3 unspecified atom stereocenters. The van der Waals surface area contributed by atoms with Crippen molar-refractivity contribution in [1.82, 2.24) is 0 Å². The van der Waals surface area contributed by atoms with Crippen LogP contribution >= 0.6 is 0 Å². The molecule has 0 spiro atoms. The number of carbonyl (C=O) groups excluding carboxylic acids is 3. The summed E-state index contributed by atoms with van der Waals surface area (Å²) < 4.78 is 21.4. The molecule has 2 N–H and O–H groups in total. The molecular weight excluding hydrogens is 390 g/mol. The fourth-order valence-corrected chi connectivity index (χ4v) is 3.00. The average Bonchev–Trinajstić information content (AvgIpc) is 2.70. The Bertz CT molecular complexity index is 704. The van der Waals surface area contributed by atoms with Crippen LogP contribution in [0.5, 0.6) is 5.75 Å². The van der Waals surface area contributed by atoms with Gasteiger partial charge in [0.25, 0.3) is 0 Å². The van der Waals surface area contributed by atoms with Gasteiger partial charge in [-0.1, -0.05) is 26.0 Å². The van der Waals surface area contributed by atoms with Crippen molar-refractivity contribution in [2.45, 2.75) is 77.2 Å². The van der Waals surface area contributed by atoms with Gasteiger partial charge in [0.05, 0.1) is 6.61 Å². The van der Waals surface area contributed by atoms with Crippen LogP contribution < -0.4 is 10.5 Å². The van der Waals surface area contributed by atoms with E-state index in [2.05, 4.69) is 0 Å². The van der Waals surface area contributed by atoms with Crippen molar-refractivity contribution < 1.29 is 33.3 Å². The quantitative estimate of drug-likeness (QED) is 0.453. The number of hydrogen-bond donors (Lipinski definition) is 1. The van der Waals surface area contributed by atoms with Gasteiger partial charge in [0.1, 0.15) is 17.9 Å². The lowest BCUT2D eigenvalue weighted by atomic mass is 10.1. The molecule has 1 aromatic rings. The molecule has 0 aromatic heterocycles. The van der Waals surface area contributed by atoms with Crippen LogP contribution in [-0.2, 0) is 35.0 Å². The molecule has 1 heterocycles. The first-order valence-corrected chi connectivity index (χ1v) is 10.5. The number of carbonyl (C=O) groups is 3. The van der Waals surface area contributed by atoms with E-state index in [0.29, 0.717) is 38.0 Å². The maximum absolute atomic E-state index is 12.3. The lowest BCUT2D eigenvalue weighted by molar-refractivity contribution is -0.203. The highest BCUT2D eigenvalue weighted by atomic mass is 16.7. The SMILES string of the molecule is CCCC(=O)Oc1ccc(CC(N)C(=O)OC2CC(OC(=O)CCC)CCO2)cc1. The fraction of sp³-hybridized carbons (Fsp3) is 0.591. The topological polar surface area (TPSA) is 114 Å². The van der Waals surface area contributed by atoms with E-state index < -0.39 is 18.3 Å². The van der Waals surface area contributed by atoms with Crippen LogP contribution in [0.1, 0.15) is 57.9 Å². The van der Waals surface area contributed by atoms with Crippen LogP contribution in [0, 0.1) is 0 Å². The Balaban J connectivity index is 1.80. The van der Waals surface area contributed by atoms with Crippen molar-refractivity contribution in [2.75, 3.05) is 6.61 Å². The molecule has 0 amide bonds. The normalized spacial score (nSPS) is 19.6. The Morgan fingerprint density at radius 1 is 1.07 bits per heavy atom. The monoisotopic (exact) mass is 421 g/mol. The zero-order valence-corrected chi connectivity index (χ0v) is 17.6. The first-order chi connectivity index (χ1) is 14.4. The summed E-state index contributed by atoms with van der Waals surface area (Å²) in [7, 11) is 0. The molecule has 1 aromatic carbocycles. The van der Waals surface area contributed by atoms with Crippen LogP contribution in [0.15, 0.2) is 24.3 Å².